The van der Waals surface area contributed by atoms with Gasteiger partial charge in [0.1, 0.15) is 0 Å². The summed E-state index contributed by atoms with van der Waals surface area (Å²) in [7, 11) is 0. The summed E-state index contributed by atoms with van der Waals surface area (Å²) in [6.45, 7) is 2.30. The number of halogens is 3. The molecular formula is C11H14F3NO2. The highest BCUT2D eigenvalue weighted by Crippen LogP contribution is 2.22. The second-order valence-electron chi connectivity index (χ2n) is 4.02. The molecule has 0 aliphatic carbocycles. The number of nitrogens with zero attached hydrogens (tertiary/aromatic N) is 1. The molecule has 0 aliphatic rings. The fraction of sp³-hybridized carbons (Fsp3) is 0.545. The molecule has 0 fully saturated rings. The average Bonchev–Trinajstić information content (AvgIpc) is 2.25. The number of hydrogen-bond donors (Lipinski definition) is 1. The van der Waals surface area contributed by atoms with Crippen molar-refractivity contribution in [2.75, 3.05) is 6.61 Å². The van der Waals surface area contributed by atoms with Gasteiger partial charge in [0.15, 0.2) is 6.61 Å². The SMILES string of the molecule is CC(C)C(O)c1ccc(OCC(F)(F)F)nc1. The molecule has 1 heterocycles. The molecule has 1 aromatic rings. The molecule has 0 aliphatic heterocycles. The van der Waals surface area contributed by atoms with Crippen LogP contribution in [-0.4, -0.2) is 22.9 Å². The van der Waals surface area contributed by atoms with Crippen molar-refractivity contribution in [2.45, 2.75) is 26.1 Å². The summed E-state index contributed by atoms with van der Waals surface area (Å²) in [6, 6.07) is 2.82. The molecule has 1 unspecified atom stereocenters. The van der Waals surface area contributed by atoms with Crippen LogP contribution >= 0.6 is 0 Å². The number of pyridine rings is 1. The first-order valence-electron chi connectivity index (χ1n) is 5.13. The lowest BCUT2D eigenvalue weighted by Gasteiger charge is -2.14. The van der Waals surface area contributed by atoms with Gasteiger partial charge in [0.25, 0.3) is 0 Å². The van der Waals surface area contributed by atoms with Crippen LogP contribution in [0.4, 0.5) is 13.2 Å². The van der Waals surface area contributed by atoms with Crippen LogP contribution in [0, 0.1) is 5.92 Å². The van der Waals surface area contributed by atoms with E-state index in [0.29, 0.717) is 5.56 Å². The Bertz CT molecular complexity index is 349. The molecule has 1 rings (SSSR count). The third-order valence-corrected chi connectivity index (χ3v) is 2.12. The Morgan fingerprint density at radius 1 is 1.35 bits per heavy atom. The number of aliphatic hydroxyl groups excluding tert-OH is 1. The van der Waals surface area contributed by atoms with E-state index in [9.17, 15) is 18.3 Å². The third-order valence-electron chi connectivity index (χ3n) is 2.12. The van der Waals surface area contributed by atoms with Crippen LogP contribution in [-0.2, 0) is 0 Å². The molecule has 0 spiro atoms. The molecule has 0 aromatic carbocycles. The lowest BCUT2D eigenvalue weighted by atomic mass is 10.0. The van der Waals surface area contributed by atoms with Gasteiger partial charge < -0.3 is 9.84 Å². The van der Waals surface area contributed by atoms with Crippen molar-refractivity contribution in [1.29, 1.82) is 0 Å². The first kappa shape index (κ1) is 13.8. The Labute approximate surface area is 97.2 Å². The Morgan fingerprint density at radius 3 is 2.41 bits per heavy atom. The summed E-state index contributed by atoms with van der Waals surface area (Å²) in [6.07, 6.45) is -3.74. The fourth-order valence-corrected chi connectivity index (χ4v) is 1.19. The Morgan fingerprint density at radius 2 is 2.00 bits per heavy atom. The van der Waals surface area contributed by atoms with Gasteiger partial charge in [-0.05, 0) is 17.5 Å². The van der Waals surface area contributed by atoms with Crippen LogP contribution in [0.3, 0.4) is 0 Å². The monoisotopic (exact) mass is 249 g/mol. The topological polar surface area (TPSA) is 42.4 Å². The quantitative estimate of drug-likeness (QED) is 0.892. The maximum atomic E-state index is 11.9. The highest BCUT2D eigenvalue weighted by molar-refractivity contribution is 5.20. The molecule has 0 radical (unpaired) electrons. The van der Waals surface area contributed by atoms with Crippen molar-refractivity contribution in [2.24, 2.45) is 5.92 Å². The molecule has 17 heavy (non-hydrogen) atoms. The van der Waals surface area contributed by atoms with Crippen LogP contribution in [0.1, 0.15) is 25.5 Å². The van der Waals surface area contributed by atoms with E-state index in [1.807, 2.05) is 13.8 Å². The van der Waals surface area contributed by atoms with Crippen molar-refractivity contribution in [3.8, 4) is 5.88 Å². The summed E-state index contributed by atoms with van der Waals surface area (Å²) in [4.78, 5) is 3.70. The maximum Gasteiger partial charge on any atom is 0.422 e. The summed E-state index contributed by atoms with van der Waals surface area (Å²) < 4.78 is 40.0. The smallest absolute Gasteiger partial charge is 0.422 e. The minimum atomic E-state index is -4.38. The average molecular weight is 249 g/mol. The predicted molar refractivity (Wildman–Crippen MR) is 55.6 cm³/mol. The highest BCUT2D eigenvalue weighted by atomic mass is 19.4. The molecule has 0 saturated heterocycles. The summed E-state index contributed by atoms with van der Waals surface area (Å²) >= 11 is 0. The fourth-order valence-electron chi connectivity index (χ4n) is 1.19. The zero-order valence-electron chi connectivity index (χ0n) is 9.53. The van der Waals surface area contributed by atoms with Gasteiger partial charge in [-0.3, -0.25) is 0 Å². The molecule has 96 valence electrons. The Balaban J connectivity index is 2.62. The third kappa shape index (κ3) is 4.60. The zero-order valence-corrected chi connectivity index (χ0v) is 9.53. The van der Waals surface area contributed by atoms with Gasteiger partial charge in [0.05, 0.1) is 6.10 Å². The van der Waals surface area contributed by atoms with Crippen LogP contribution in [0.5, 0.6) is 5.88 Å². The first-order valence-corrected chi connectivity index (χ1v) is 5.13. The number of aromatic nitrogens is 1. The molecule has 0 amide bonds. The minimum absolute atomic E-state index is 0.0127. The predicted octanol–water partition coefficient (Wildman–Crippen LogP) is 2.71. The van der Waals surface area contributed by atoms with E-state index in [2.05, 4.69) is 9.72 Å². The number of aliphatic hydroxyl groups is 1. The van der Waals surface area contributed by atoms with E-state index < -0.39 is 18.9 Å². The number of alkyl halides is 3. The maximum absolute atomic E-state index is 11.9. The Kier molecular flexibility index (Phi) is 4.34. The molecule has 0 bridgehead atoms. The van der Waals surface area contributed by atoms with Crippen molar-refractivity contribution in [3.05, 3.63) is 23.9 Å². The van der Waals surface area contributed by atoms with E-state index in [1.54, 1.807) is 0 Å². The van der Waals surface area contributed by atoms with Gasteiger partial charge in [-0.1, -0.05) is 13.8 Å². The van der Waals surface area contributed by atoms with Gasteiger partial charge in [0.2, 0.25) is 5.88 Å². The van der Waals surface area contributed by atoms with E-state index >= 15 is 0 Å². The van der Waals surface area contributed by atoms with Crippen LogP contribution in [0.2, 0.25) is 0 Å². The van der Waals surface area contributed by atoms with E-state index in [0.717, 1.165) is 0 Å². The van der Waals surface area contributed by atoms with Gasteiger partial charge >= 0.3 is 6.18 Å². The molecule has 1 N–H and O–H groups in total. The summed E-state index contributed by atoms with van der Waals surface area (Å²) in [5.41, 5.74) is 0.555. The standard InChI is InChI=1S/C11H14F3NO2/c1-7(2)10(16)8-3-4-9(15-5-8)17-6-11(12,13)14/h3-5,7,10,16H,6H2,1-2H3. The summed E-state index contributed by atoms with van der Waals surface area (Å²) in [5.74, 6) is -0.0965. The van der Waals surface area contributed by atoms with Gasteiger partial charge in [0, 0.05) is 12.3 Å². The minimum Gasteiger partial charge on any atom is -0.468 e. The van der Waals surface area contributed by atoms with Crippen LogP contribution < -0.4 is 4.74 Å². The largest absolute Gasteiger partial charge is 0.468 e. The second-order valence-corrected chi connectivity index (χ2v) is 4.02. The van der Waals surface area contributed by atoms with E-state index in [4.69, 9.17) is 0 Å². The molecule has 0 saturated carbocycles. The van der Waals surface area contributed by atoms with Crippen molar-refractivity contribution in [1.82, 2.24) is 4.98 Å². The molecule has 6 heteroatoms. The molecule has 1 aromatic heterocycles. The van der Waals surface area contributed by atoms with Gasteiger partial charge in [-0.15, -0.1) is 0 Å². The Hall–Kier alpha value is -1.30. The molecule has 1 atom stereocenters. The number of rotatable bonds is 4. The lowest BCUT2D eigenvalue weighted by Crippen LogP contribution is -2.19. The van der Waals surface area contributed by atoms with Crippen molar-refractivity contribution < 1.29 is 23.0 Å². The van der Waals surface area contributed by atoms with Crippen molar-refractivity contribution >= 4 is 0 Å². The first-order chi connectivity index (χ1) is 7.79. The van der Waals surface area contributed by atoms with Crippen LogP contribution in [0.25, 0.3) is 0 Å². The van der Waals surface area contributed by atoms with Gasteiger partial charge in [-0.2, -0.15) is 13.2 Å². The van der Waals surface area contributed by atoms with E-state index in [-0.39, 0.29) is 11.8 Å². The van der Waals surface area contributed by atoms with Crippen molar-refractivity contribution in [3.63, 3.8) is 0 Å². The van der Waals surface area contributed by atoms with Gasteiger partial charge in [-0.25, -0.2) is 4.98 Å². The van der Waals surface area contributed by atoms with E-state index in [1.165, 1.54) is 18.3 Å². The normalized spacial score (nSPS) is 13.8. The second kappa shape index (κ2) is 5.35. The molecule has 3 nitrogen and oxygen atoms in total. The zero-order chi connectivity index (χ0) is 13.1. The number of hydrogen-bond acceptors (Lipinski definition) is 3. The highest BCUT2D eigenvalue weighted by Gasteiger charge is 2.28. The number of ether oxygens (including phenoxy) is 1. The lowest BCUT2D eigenvalue weighted by molar-refractivity contribution is -0.154. The van der Waals surface area contributed by atoms with Crippen LogP contribution in [0.15, 0.2) is 18.3 Å². The molecular weight excluding hydrogens is 235 g/mol. The summed E-state index contributed by atoms with van der Waals surface area (Å²) in [5, 5.41) is 9.69.